The maximum Gasteiger partial charge on any atom is 0.0898 e. The summed E-state index contributed by atoms with van der Waals surface area (Å²) in [5.74, 6) is 0. The molecule has 2 aromatic heterocycles. The zero-order valence-electron chi connectivity index (χ0n) is 36.5. The lowest BCUT2D eigenvalue weighted by atomic mass is 9.74. The van der Waals surface area contributed by atoms with Crippen molar-refractivity contribution < 1.29 is 0 Å². The highest BCUT2D eigenvalue weighted by atomic mass is 14.8. The molecule has 0 atom stereocenters. The van der Waals surface area contributed by atoms with Gasteiger partial charge in [-0.3, -0.25) is 19.9 Å². The van der Waals surface area contributed by atoms with E-state index in [9.17, 15) is 0 Å². The number of aromatic nitrogens is 4. The third kappa shape index (κ3) is 8.16. The number of rotatable bonds is 6. The quantitative estimate of drug-likeness (QED) is 0.169. The van der Waals surface area contributed by atoms with E-state index in [-0.39, 0.29) is 21.7 Å². The van der Waals surface area contributed by atoms with Gasteiger partial charge in [0.15, 0.2) is 0 Å². The highest BCUT2D eigenvalue weighted by molar-refractivity contribution is 6.14. The summed E-state index contributed by atoms with van der Waals surface area (Å²) in [6.07, 6.45) is 10.9. The molecule has 4 nitrogen and oxygen atoms in total. The molecule has 7 rings (SSSR count). The average Bonchev–Trinajstić information content (AvgIpc) is 3.19. The van der Waals surface area contributed by atoms with Gasteiger partial charge in [0.05, 0.1) is 23.8 Å². The van der Waals surface area contributed by atoms with Gasteiger partial charge in [0, 0.05) is 58.2 Å². The fraction of sp³-hybridized carbons (Fsp3) is 0.296. The van der Waals surface area contributed by atoms with Crippen LogP contribution < -0.4 is 0 Å². The summed E-state index contributed by atoms with van der Waals surface area (Å²) in [5, 5.41) is 0. The van der Waals surface area contributed by atoms with Gasteiger partial charge in [-0.05, 0) is 66.2 Å². The van der Waals surface area contributed by atoms with Gasteiger partial charge >= 0.3 is 0 Å². The smallest absolute Gasteiger partial charge is 0.0898 e. The van der Waals surface area contributed by atoms with Crippen LogP contribution >= 0.6 is 0 Å². The zero-order valence-corrected chi connectivity index (χ0v) is 36.5. The van der Waals surface area contributed by atoms with Crippen molar-refractivity contribution in [3.63, 3.8) is 0 Å². The molecular weight excluding hydrogens is 705 g/mol. The van der Waals surface area contributed by atoms with Gasteiger partial charge in [-0.2, -0.15) is 0 Å². The monoisotopic (exact) mass is 762 g/mol. The highest BCUT2D eigenvalue weighted by Crippen LogP contribution is 2.55. The van der Waals surface area contributed by atoms with Crippen LogP contribution in [0.15, 0.2) is 134 Å². The van der Waals surface area contributed by atoms with Crippen LogP contribution in [0.3, 0.4) is 0 Å². The van der Waals surface area contributed by atoms with E-state index in [0.717, 1.165) is 67.0 Å². The molecule has 0 radical (unpaired) electrons. The molecule has 0 amide bonds. The largest absolute Gasteiger partial charge is 0.261 e. The Labute approximate surface area is 346 Å². The number of nitrogens with zero attached hydrogens (tertiary/aromatic N) is 4. The minimum atomic E-state index is -0.00823. The number of benzene rings is 5. The molecule has 2 heterocycles. The van der Waals surface area contributed by atoms with Gasteiger partial charge in [0.1, 0.15) is 0 Å². The Morgan fingerprint density at radius 3 is 0.672 bits per heavy atom. The van der Waals surface area contributed by atoms with Crippen LogP contribution in [0.25, 0.3) is 67.0 Å². The summed E-state index contributed by atoms with van der Waals surface area (Å²) in [7, 11) is 0. The van der Waals surface area contributed by atoms with Crippen molar-refractivity contribution >= 4 is 0 Å². The minimum Gasteiger partial charge on any atom is -0.261 e. The number of hydrogen-bond donors (Lipinski definition) is 0. The van der Waals surface area contributed by atoms with Gasteiger partial charge in [-0.25, -0.2) is 0 Å². The maximum atomic E-state index is 5.11. The highest BCUT2D eigenvalue weighted by Gasteiger charge is 2.31. The van der Waals surface area contributed by atoms with Gasteiger partial charge < -0.3 is 0 Å². The van der Waals surface area contributed by atoms with Crippen LogP contribution in [0, 0.1) is 0 Å². The van der Waals surface area contributed by atoms with E-state index >= 15 is 0 Å². The summed E-state index contributed by atoms with van der Waals surface area (Å²) in [5.41, 5.74) is 17.4. The second kappa shape index (κ2) is 15.2. The molecule has 0 aliphatic carbocycles. The Morgan fingerprint density at radius 1 is 0.276 bits per heavy atom. The minimum absolute atomic E-state index is 0.00823. The second-order valence-electron chi connectivity index (χ2n) is 19.7. The summed E-state index contributed by atoms with van der Waals surface area (Å²) < 4.78 is 0. The summed E-state index contributed by atoms with van der Waals surface area (Å²) in [4.78, 5) is 19.6. The predicted octanol–water partition coefficient (Wildman–Crippen LogP) is 14.5. The topological polar surface area (TPSA) is 51.6 Å². The van der Waals surface area contributed by atoms with E-state index < -0.39 is 0 Å². The molecule has 0 saturated heterocycles. The zero-order chi connectivity index (χ0) is 41.6. The first-order valence-electron chi connectivity index (χ1n) is 20.5. The standard InChI is InChI=1S/C54H58N4/c1-51(2,3)39-21-13-35(14-22-39)45-46(36-15-23-40(24-16-36)52(4,5)6)50(44-34-56-30-32-58-44)48(38-19-27-42(28-20-38)54(10,11)12)47(49(45)43-33-55-29-31-57-43)37-17-25-41(26-18-37)53(7,8)9/h13-34H,1-12H3. The van der Waals surface area contributed by atoms with E-state index in [1.54, 1.807) is 24.8 Å². The molecule has 0 bridgehead atoms. The van der Waals surface area contributed by atoms with E-state index in [0.29, 0.717) is 0 Å². The second-order valence-corrected chi connectivity index (χ2v) is 19.7. The molecule has 0 fully saturated rings. The van der Waals surface area contributed by atoms with E-state index in [1.807, 2.05) is 12.4 Å². The van der Waals surface area contributed by atoms with Crippen molar-refractivity contribution in [2.75, 3.05) is 0 Å². The van der Waals surface area contributed by atoms with Gasteiger partial charge in [0.2, 0.25) is 0 Å². The van der Waals surface area contributed by atoms with Crippen LogP contribution in [0.4, 0.5) is 0 Å². The lowest BCUT2D eigenvalue weighted by molar-refractivity contribution is 0.590. The van der Waals surface area contributed by atoms with Crippen molar-refractivity contribution in [1.82, 2.24) is 19.9 Å². The molecule has 0 aliphatic heterocycles. The maximum absolute atomic E-state index is 5.11. The third-order valence-electron chi connectivity index (χ3n) is 11.3. The van der Waals surface area contributed by atoms with E-state index in [4.69, 9.17) is 19.9 Å². The average molecular weight is 763 g/mol. The third-order valence-corrected chi connectivity index (χ3v) is 11.3. The molecule has 7 aromatic rings. The predicted molar refractivity (Wildman–Crippen MR) is 245 cm³/mol. The van der Waals surface area contributed by atoms with Crippen LogP contribution in [0.5, 0.6) is 0 Å². The summed E-state index contributed by atoms with van der Waals surface area (Å²) in [6, 6.07) is 36.5. The fourth-order valence-electron chi connectivity index (χ4n) is 7.82. The first-order valence-corrected chi connectivity index (χ1v) is 20.5. The van der Waals surface area contributed by atoms with Crippen molar-refractivity contribution in [2.45, 2.75) is 105 Å². The van der Waals surface area contributed by atoms with Gasteiger partial charge in [-0.15, -0.1) is 0 Å². The van der Waals surface area contributed by atoms with Crippen LogP contribution in [-0.2, 0) is 21.7 Å². The van der Waals surface area contributed by atoms with E-state index in [1.165, 1.54) is 22.3 Å². The molecule has 0 unspecified atom stereocenters. The lowest BCUT2D eigenvalue weighted by Crippen LogP contribution is -2.11. The Morgan fingerprint density at radius 2 is 0.500 bits per heavy atom. The van der Waals surface area contributed by atoms with Gasteiger partial charge in [0.25, 0.3) is 0 Å². The van der Waals surface area contributed by atoms with Gasteiger partial charge in [-0.1, -0.05) is 180 Å². The van der Waals surface area contributed by atoms with E-state index in [2.05, 4.69) is 180 Å². The molecule has 0 aliphatic rings. The van der Waals surface area contributed by atoms with Crippen molar-refractivity contribution in [3.8, 4) is 67.0 Å². The Balaban J connectivity index is 1.76. The molecule has 58 heavy (non-hydrogen) atoms. The summed E-state index contributed by atoms with van der Waals surface area (Å²) in [6.45, 7) is 27.2. The van der Waals surface area contributed by atoms with Crippen molar-refractivity contribution in [2.24, 2.45) is 0 Å². The molecule has 5 aromatic carbocycles. The molecule has 4 heteroatoms. The summed E-state index contributed by atoms with van der Waals surface area (Å²) >= 11 is 0. The first-order chi connectivity index (χ1) is 27.3. The Bertz CT molecular complexity index is 2180. The molecule has 294 valence electrons. The van der Waals surface area contributed by atoms with Crippen LogP contribution in [0.1, 0.15) is 105 Å². The normalized spacial score (nSPS) is 12.5. The Hall–Kier alpha value is -5.74. The van der Waals surface area contributed by atoms with Crippen LogP contribution in [0.2, 0.25) is 0 Å². The van der Waals surface area contributed by atoms with Crippen LogP contribution in [-0.4, -0.2) is 19.9 Å². The van der Waals surface area contributed by atoms with Crippen molar-refractivity contribution in [1.29, 1.82) is 0 Å². The first kappa shape index (κ1) is 40.5. The molecular formula is C54H58N4. The fourth-order valence-corrected chi connectivity index (χ4v) is 7.82. The van der Waals surface area contributed by atoms with Crippen molar-refractivity contribution in [3.05, 3.63) is 156 Å². The SMILES string of the molecule is CC(C)(C)c1ccc(-c2c(-c3ccc(C(C)(C)C)cc3)c(-c3cnccn3)c(-c3ccc(C(C)(C)C)cc3)c(-c3ccc(C(C)(C)C)cc3)c2-c2cnccn2)cc1. The lowest BCUT2D eigenvalue weighted by Gasteiger charge is -2.29. The Kier molecular flexibility index (Phi) is 10.6. The number of hydrogen-bond acceptors (Lipinski definition) is 4. The molecule has 0 saturated carbocycles. The molecule has 0 spiro atoms. The molecule has 0 N–H and O–H groups in total.